The zero-order chi connectivity index (χ0) is 21.7. The van der Waals surface area contributed by atoms with E-state index in [0.29, 0.717) is 11.4 Å². The average molecular weight is 451 g/mol. The van der Waals surface area contributed by atoms with E-state index in [4.69, 9.17) is 16.3 Å². The molecule has 162 valence electrons. The second-order valence-electron chi connectivity index (χ2n) is 7.50. The summed E-state index contributed by atoms with van der Waals surface area (Å²) in [5.41, 5.74) is 1.59. The van der Waals surface area contributed by atoms with Crippen molar-refractivity contribution in [2.24, 2.45) is 0 Å². The number of nitrogens with one attached hydrogen (secondary N) is 1. The van der Waals surface area contributed by atoms with Crippen molar-refractivity contribution in [2.75, 3.05) is 19.0 Å². The Kier molecular flexibility index (Phi) is 7.39. The summed E-state index contributed by atoms with van der Waals surface area (Å²) in [6, 6.07) is 11.6. The van der Waals surface area contributed by atoms with E-state index < -0.39 is 10.0 Å². The highest BCUT2D eigenvalue weighted by Crippen LogP contribution is 2.32. The summed E-state index contributed by atoms with van der Waals surface area (Å²) in [5, 5.41) is 3.06. The molecule has 1 saturated carbocycles. The fourth-order valence-electron chi connectivity index (χ4n) is 3.77. The number of carbonyl (C=O) groups excluding carboxylic acids is 1. The van der Waals surface area contributed by atoms with Gasteiger partial charge in [0.1, 0.15) is 5.75 Å². The Hall–Kier alpha value is -2.09. The van der Waals surface area contributed by atoms with Crippen LogP contribution in [-0.4, -0.2) is 38.3 Å². The van der Waals surface area contributed by atoms with Gasteiger partial charge in [-0.25, -0.2) is 8.42 Å². The molecule has 0 aliphatic heterocycles. The van der Waals surface area contributed by atoms with Crippen LogP contribution < -0.4 is 10.1 Å². The van der Waals surface area contributed by atoms with E-state index in [9.17, 15) is 13.2 Å². The zero-order valence-electron chi connectivity index (χ0n) is 17.2. The summed E-state index contributed by atoms with van der Waals surface area (Å²) in [5.74, 6) is 0.0372. The van der Waals surface area contributed by atoms with Gasteiger partial charge < -0.3 is 10.1 Å². The smallest absolute Gasteiger partial charge is 0.243 e. The summed E-state index contributed by atoms with van der Waals surface area (Å²) in [6.45, 7) is 1.65. The quantitative estimate of drug-likeness (QED) is 0.667. The molecule has 0 radical (unpaired) electrons. The molecular weight excluding hydrogens is 424 g/mol. The van der Waals surface area contributed by atoms with Crippen LogP contribution in [0.4, 0.5) is 5.69 Å². The molecule has 0 bridgehead atoms. The summed E-state index contributed by atoms with van der Waals surface area (Å²) < 4.78 is 33.4. The van der Waals surface area contributed by atoms with E-state index in [1.165, 1.54) is 29.6 Å². The van der Waals surface area contributed by atoms with Crippen molar-refractivity contribution >= 4 is 33.2 Å². The molecule has 6 nitrogen and oxygen atoms in total. The number of amides is 1. The molecule has 0 unspecified atom stereocenters. The van der Waals surface area contributed by atoms with E-state index in [2.05, 4.69) is 5.32 Å². The number of sulfonamides is 1. The Labute approximate surface area is 183 Å². The van der Waals surface area contributed by atoms with Gasteiger partial charge in [0.15, 0.2) is 0 Å². The van der Waals surface area contributed by atoms with Crippen LogP contribution in [0.2, 0.25) is 5.02 Å². The van der Waals surface area contributed by atoms with E-state index in [1.807, 2.05) is 25.1 Å². The third-order valence-electron chi connectivity index (χ3n) is 5.43. The van der Waals surface area contributed by atoms with Crippen LogP contribution in [0.3, 0.4) is 0 Å². The number of halogens is 1. The molecule has 2 aromatic rings. The normalized spacial score (nSPS) is 15.2. The van der Waals surface area contributed by atoms with Gasteiger partial charge >= 0.3 is 0 Å². The summed E-state index contributed by atoms with van der Waals surface area (Å²) in [7, 11) is -2.44. The second-order valence-corrected chi connectivity index (χ2v) is 9.80. The van der Waals surface area contributed by atoms with Gasteiger partial charge in [-0.3, -0.25) is 4.79 Å². The van der Waals surface area contributed by atoms with Crippen LogP contribution in [0.15, 0.2) is 47.4 Å². The van der Waals surface area contributed by atoms with Gasteiger partial charge in [-0.1, -0.05) is 49.1 Å². The fraction of sp³-hybridized carbons (Fsp3) is 0.409. The number of para-hydroxylation sites is 1. The minimum atomic E-state index is -3.91. The van der Waals surface area contributed by atoms with Gasteiger partial charge in [0.2, 0.25) is 15.9 Å². The summed E-state index contributed by atoms with van der Waals surface area (Å²) in [6.07, 6.45) is 4.44. The second kappa shape index (κ2) is 9.81. The molecule has 2 aromatic carbocycles. The first-order valence-corrected chi connectivity index (χ1v) is 11.9. The molecule has 0 atom stereocenters. The molecule has 8 heteroatoms. The molecule has 30 heavy (non-hydrogen) atoms. The maximum absolute atomic E-state index is 13.5. The lowest BCUT2D eigenvalue weighted by atomic mass is 9.95. The van der Waals surface area contributed by atoms with Crippen LogP contribution in [0.25, 0.3) is 0 Å². The minimum absolute atomic E-state index is 0.0579. The van der Waals surface area contributed by atoms with Crippen LogP contribution in [0.5, 0.6) is 5.75 Å². The summed E-state index contributed by atoms with van der Waals surface area (Å²) >= 11 is 6.17. The maximum atomic E-state index is 13.5. The van der Waals surface area contributed by atoms with Gasteiger partial charge in [0, 0.05) is 11.7 Å². The number of methoxy groups -OCH3 is 1. The van der Waals surface area contributed by atoms with Crippen molar-refractivity contribution in [3.05, 3.63) is 53.1 Å². The maximum Gasteiger partial charge on any atom is 0.243 e. The molecule has 1 amide bonds. The number of nitrogens with zero attached hydrogens (tertiary/aromatic N) is 1. The fourth-order valence-corrected chi connectivity index (χ4v) is 5.76. The Morgan fingerprint density at radius 1 is 1.17 bits per heavy atom. The average Bonchev–Trinajstić information content (AvgIpc) is 2.74. The Morgan fingerprint density at radius 3 is 2.50 bits per heavy atom. The molecule has 0 saturated heterocycles. The molecule has 1 fully saturated rings. The van der Waals surface area contributed by atoms with E-state index in [0.717, 1.165) is 37.7 Å². The Balaban J connectivity index is 1.89. The van der Waals surface area contributed by atoms with Crippen LogP contribution in [0.1, 0.15) is 37.7 Å². The minimum Gasteiger partial charge on any atom is -0.495 e. The summed E-state index contributed by atoms with van der Waals surface area (Å²) in [4.78, 5) is 12.9. The highest BCUT2D eigenvalue weighted by atomic mass is 35.5. The highest BCUT2D eigenvalue weighted by molar-refractivity contribution is 7.89. The third kappa shape index (κ3) is 5.14. The number of anilines is 1. The van der Waals surface area contributed by atoms with Gasteiger partial charge in [-0.05, 0) is 49.6 Å². The largest absolute Gasteiger partial charge is 0.495 e. The monoisotopic (exact) mass is 450 g/mol. The number of carbonyl (C=O) groups is 1. The number of rotatable bonds is 7. The Bertz CT molecular complexity index is 1000. The number of hydrogen-bond acceptors (Lipinski definition) is 4. The van der Waals surface area contributed by atoms with Crippen molar-refractivity contribution in [1.29, 1.82) is 0 Å². The van der Waals surface area contributed by atoms with Crippen molar-refractivity contribution in [2.45, 2.75) is 50.0 Å². The number of ether oxygens (including phenoxy) is 1. The van der Waals surface area contributed by atoms with E-state index in [-0.39, 0.29) is 28.4 Å². The predicted molar refractivity (Wildman–Crippen MR) is 119 cm³/mol. The zero-order valence-corrected chi connectivity index (χ0v) is 18.8. The molecule has 0 spiro atoms. The van der Waals surface area contributed by atoms with Gasteiger partial charge in [0.05, 0.1) is 23.6 Å². The van der Waals surface area contributed by atoms with Crippen molar-refractivity contribution in [1.82, 2.24) is 4.31 Å². The number of aryl methyl sites for hydroxylation is 1. The van der Waals surface area contributed by atoms with Crippen LogP contribution in [-0.2, 0) is 14.8 Å². The van der Waals surface area contributed by atoms with Crippen LogP contribution >= 0.6 is 11.6 Å². The molecule has 3 rings (SSSR count). The lowest BCUT2D eigenvalue weighted by Crippen LogP contribution is -2.45. The topological polar surface area (TPSA) is 75.7 Å². The number of hydrogen-bond donors (Lipinski definition) is 1. The van der Waals surface area contributed by atoms with E-state index in [1.54, 1.807) is 6.07 Å². The van der Waals surface area contributed by atoms with Crippen molar-refractivity contribution in [3.8, 4) is 5.75 Å². The first-order chi connectivity index (χ1) is 14.3. The van der Waals surface area contributed by atoms with Crippen LogP contribution in [0, 0.1) is 6.92 Å². The highest BCUT2D eigenvalue weighted by Gasteiger charge is 2.34. The van der Waals surface area contributed by atoms with Gasteiger partial charge in [-0.15, -0.1) is 0 Å². The molecule has 0 heterocycles. The van der Waals surface area contributed by atoms with Gasteiger partial charge in [0.25, 0.3) is 0 Å². The SMILES string of the molecule is COc1ccc(S(=O)(=O)N(CC(=O)Nc2ccccc2C)C2CCCCC2)cc1Cl. The van der Waals surface area contributed by atoms with E-state index >= 15 is 0 Å². The molecule has 1 aliphatic rings. The molecule has 0 aromatic heterocycles. The van der Waals surface area contributed by atoms with Crippen molar-refractivity contribution < 1.29 is 17.9 Å². The molecular formula is C22H27ClN2O4S. The van der Waals surface area contributed by atoms with Crippen molar-refractivity contribution in [3.63, 3.8) is 0 Å². The lowest BCUT2D eigenvalue weighted by Gasteiger charge is -2.33. The first-order valence-electron chi connectivity index (χ1n) is 10.0. The molecule has 1 N–H and O–H groups in total. The standard InChI is InChI=1S/C22H27ClN2O4S/c1-16-8-6-7-11-20(16)24-22(26)15-25(17-9-4-3-5-10-17)30(27,28)18-12-13-21(29-2)19(23)14-18/h6-8,11-14,17H,3-5,9-10,15H2,1-2H3,(H,24,26). The Morgan fingerprint density at radius 2 is 1.87 bits per heavy atom. The third-order valence-corrected chi connectivity index (χ3v) is 7.62. The predicted octanol–water partition coefficient (Wildman–Crippen LogP) is 4.62. The van der Waals surface area contributed by atoms with Gasteiger partial charge in [-0.2, -0.15) is 4.31 Å². The first kappa shape index (κ1) is 22.6. The number of benzene rings is 2. The molecule has 1 aliphatic carbocycles. The lowest BCUT2D eigenvalue weighted by molar-refractivity contribution is -0.116.